The quantitative estimate of drug-likeness (QED) is 0.818. The van der Waals surface area contributed by atoms with Crippen LogP contribution < -0.4 is 10.6 Å². The van der Waals surface area contributed by atoms with Crippen LogP contribution in [-0.4, -0.2) is 21.9 Å². The Hall–Kier alpha value is -2.94. The molecule has 1 aliphatic carbocycles. The van der Waals surface area contributed by atoms with E-state index in [9.17, 15) is 4.79 Å². The largest absolute Gasteiger partial charge is 0.348 e. The summed E-state index contributed by atoms with van der Waals surface area (Å²) in [5.74, 6) is 0.228. The number of nitrogens with zero attached hydrogens (tertiary/aromatic N) is 3. The van der Waals surface area contributed by atoms with Gasteiger partial charge in [0.05, 0.1) is 11.6 Å². The first-order valence-corrected chi connectivity index (χ1v) is 9.08. The predicted molar refractivity (Wildman–Crippen MR) is 100 cm³/mol. The highest BCUT2D eigenvalue weighted by molar-refractivity contribution is 5.92. The number of carbonyl (C=O) groups excluding carboxylic acids is 1. The number of aryl methyl sites for hydroxylation is 1. The lowest BCUT2D eigenvalue weighted by Gasteiger charge is -2.16. The zero-order valence-electron chi connectivity index (χ0n) is 15.0. The molecule has 1 heterocycles. The van der Waals surface area contributed by atoms with E-state index in [2.05, 4.69) is 26.7 Å². The Bertz CT molecular complexity index is 802. The van der Waals surface area contributed by atoms with Crippen LogP contribution in [0.1, 0.15) is 60.3 Å². The predicted octanol–water partition coefficient (Wildman–Crippen LogP) is 3.85. The minimum absolute atomic E-state index is 0.148. The van der Waals surface area contributed by atoms with Gasteiger partial charge in [-0.25, -0.2) is 9.97 Å². The van der Waals surface area contributed by atoms with E-state index < -0.39 is 0 Å². The van der Waals surface area contributed by atoms with Gasteiger partial charge >= 0.3 is 0 Å². The minimum Gasteiger partial charge on any atom is -0.348 e. The highest BCUT2D eigenvalue weighted by Crippen LogP contribution is 2.18. The molecule has 26 heavy (non-hydrogen) atoms. The summed E-state index contributed by atoms with van der Waals surface area (Å²) in [5.41, 5.74) is 2.45. The average Bonchev–Trinajstić information content (AvgIpc) is 2.90. The number of anilines is 2. The Labute approximate surface area is 153 Å². The molecule has 0 unspecified atom stereocenters. The minimum atomic E-state index is -0.148. The van der Waals surface area contributed by atoms with Gasteiger partial charge in [0, 0.05) is 17.4 Å². The molecule has 1 aromatic heterocycles. The molecule has 1 saturated carbocycles. The van der Waals surface area contributed by atoms with E-state index in [1.54, 1.807) is 30.3 Å². The standard InChI is InChI=1S/C20H23N5O/c1-14-12-18(19(26)23-16-6-4-2-3-5-7-16)25-20(22-14)24-17-10-8-15(13-21)9-11-17/h8-12,16H,2-7H2,1H3,(H,23,26)(H,22,24,25). The summed E-state index contributed by atoms with van der Waals surface area (Å²) in [6, 6.07) is 11.0. The summed E-state index contributed by atoms with van der Waals surface area (Å²) in [6.07, 6.45) is 6.89. The van der Waals surface area contributed by atoms with Gasteiger partial charge in [-0.2, -0.15) is 5.26 Å². The molecule has 2 N–H and O–H groups in total. The third-order valence-electron chi connectivity index (χ3n) is 4.55. The monoisotopic (exact) mass is 349 g/mol. The lowest BCUT2D eigenvalue weighted by atomic mass is 10.1. The molecule has 0 spiro atoms. The Morgan fingerprint density at radius 1 is 1.12 bits per heavy atom. The second kappa shape index (κ2) is 8.43. The van der Waals surface area contributed by atoms with Crippen molar-refractivity contribution in [3.05, 3.63) is 47.3 Å². The molecule has 0 radical (unpaired) electrons. The first-order valence-electron chi connectivity index (χ1n) is 9.08. The van der Waals surface area contributed by atoms with E-state index in [4.69, 9.17) is 5.26 Å². The Balaban J connectivity index is 1.71. The van der Waals surface area contributed by atoms with E-state index in [0.717, 1.165) is 24.2 Å². The van der Waals surface area contributed by atoms with Gasteiger partial charge in [-0.3, -0.25) is 4.79 Å². The van der Waals surface area contributed by atoms with Crippen molar-refractivity contribution in [2.75, 3.05) is 5.32 Å². The number of amides is 1. The van der Waals surface area contributed by atoms with Crippen LogP contribution in [0.4, 0.5) is 11.6 Å². The van der Waals surface area contributed by atoms with E-state index in [1.807, 2.05) is 6.92 Å². The summed E-state index contributed by atoms with van der Waals surface area (Å²) >= 11 is 0. The maximum absolute atomic E-state index is 12.6. The maximum Gasteiger partial charge on any atom is 0.270 e. The number of benzene rings is 1. The molecule has 3 rings (SSSR count). The number of hydrogen-bond acceptors (Lipinski definition) is 5. The van der Waals surface area contributed by atoms with Crippen molar-refractivity contribution in [1.29, 1.82) is 5.26 Å². The van der Waals surface area contributed by atoms with Crippen LogP contribution >= 0.6 is 0 Å². The molecule has 0 saturated heterocycles. The molecule has 0 bridgehead atoms. The second-order valence-corrected chi connectivity index (χ2v) is 6.69. The van der Waals surface area contributed by atoms with Gasteiger partial charge < -0.3 is 10.6 Å². The molecule has 6 heteroatoms. The molecule has 0 aliphatic heterocycles. The van der Waals surface area contributed by atoms with Crippen LogP contribution in [-0.2, 0) is 0 Å². The number of aromatic nitrogens is 2. The van der Waals surface area contributed by atoms with E-state index >= 15 is 0 Å². The van der Waals surface area contributed by atoms with Crippen molar-refractivity contribution < 1.29 is 4.79 Å². The maximum atomic E-state index is 12.6. The van der Waals surface area contributed by atoms with Crippen LogP contribution in [0.3, 0.4) is 0 Å². The normalized spacial score (nSPS) is 14.9. The highest BCUT2D eigenvalue weighted by atomic mass is 16.1. The molecule has 1 aromatic carbocycles. The van der Waals surface area contributed by atoms with Crippen molar-refractivity contribution in [1.82, 2.24) is 15.3 Å². The first kappa shape index (κ1) is 17.9. The van der Waals surface area contributed by atoms with Crippen LogP contribution in [0.2, 0.25) is 0 Å². The molecule has 1 fully saturated rings. The Kier molecular flexibility index (Phi) is 5.80. The molecule has 134 valence electrons. The second-order valence-electron chi connectivity index (χ2n) is 6.69. The van der Waals surface area contributed by atoms with Gasteiger partial charge in [-0.05, 0) is 50.1 Å². The van der Waals surface area contributed by atoms with Gasteiger partial charge in [0.15, 0.2) is 0 Å². The fourth-order valence-electron chi connectivity index (χ4n) is 3.18. The van der Waals surface area contributed by atoms with Crippen molar-refractivity contribution >= 4 is 17.5 Å². The SMILES string of the molecule is Cc1cc(C(=O)NC2CCCCCC2)nc(Nc2ccc(C#N)cc2)n1. The number of nitrogens with one attached hydrogen (secondary N) is 2. The Morgan fingerprint density at radius 2 is 1.81 bits per heavy atom. The van der Waals surface area contributed by atoms with Crippen LogP contribution in [0, 0.1) is 18.3 Å². The molecule has 6 nitrogen and oxygen atoms in total. The molecule has 2 aromatic rings. The van der Waals surface area contributed by atoms with Gasteiger partial charge in [-0.1, -0.05) is 25.7 Å². The summed E-state index contributed by atoms with van der Waals surface area (Å²) in [7, 11) is 0. The van der Waals surface area contributed by atoms with Gasteiger partial charge in [-0.15, -0.1) is 0 Å². The summed E-state index contributed by atoms with van der Waals surface area (Å²) in [5, 5.41) is 15.1. The summed E-state index contributed by atoms with van der Waals surface area (Å²) in [6.45, 7) is 1.84. The van der Waals surface area contributed by atoms with Gasteiger partial charge in [0.2, 0.25) is 5.95 Å². The van der Waals surface area contributed by atoms with Crippen LogP contribution in [0.15, 0.2) is 30.3 Å². The number of nitriles is 1. The fraction of sp³-hybridized carbons (Fsp3) is 0.400. The van der Waals surface area contributed by atoms with E-state index in [1.165, 1.54) is 25.7 Å². The molecule has 1 aliphatic rings. The lowest BCUT2D eigenvalue weighted by molar-refractivity contribution is 0.0928. The third-order valence-corrected chi connectivity index (χ3v) is 4.55. The van der Waals surface area contributed by atoms with Crippen molar-refractivity contribution in [3.63, 3.8) is 0 Å². The zero-order chi connectivity index (χ0) is 18.4. The summed E-state index contributed by atoms with van der Waals surface area (Å²) in [4.78, 5) is 21.3. The summed E-state index contributed by atoms with van der Waals surface area (Å²) < 4.78 is 0. The van der Waals surface area contributed by atoms with Crippen molar-refractivity contribution in [2.24, 2.45) is 0 Å². The van der Waals surface area contributed by atoms with Gasteiger partial charge in [0.25, 0.3) is 5.91 Å². The van der Waals surface area contributed by atoms with Crippen LogP contribution in [0.25, 0.3) is 0 Å². The molecule has 0 atom stereocenters. The molecule has 1 amide bonds. The highest BCUT2D eigenvalue weighted by Gasteiger charge is 2.17. The van der Waals surface area contributed by atoms with E-state index in [0.29, 0.717) is 17.2 Å². The topological polar surface area (TPSA) is 90.7 Å². The van der Waals surface area contributed by atoms with Crippen molar-refractivity contribution in [2.45, 2.75) is 51.5 Å². The molecular weight excluding hydrogens is 326 g/mol. The number of rotatable bonds is 4. The fourth-order valence-corrected chi connectivity index (χ4v) is 3.18. The third kappa shape index (κ3) is 4.79. The van der Waals surface area contributed by atoms with Crippen LogP contribution in [0.5, 0.6) is 0 Å². The Morgan fingerprint density at radius 3 is 2.46 bits per heavy atom. The first-order chi connectivity index (χ1) is 12.6. The smallest absolute Gasteiger partial charge is 0.270 e. The van der Waals surface area contributed by atoms with Gasteiger partial charge in [0.1, 0.15) is 5.69 Å². The lowest BCUT2D eigenvalue weighted by Crippen LogP contribution is -2.35. The average molecular weight is 349 g/mol. The molecular formula is C20H23N5O. The van der Waals surface area contributed by atoms with Crippen molar-refractivity contribution in [3.8, 4) is 6.07 Å². The van der Waals surface area contributed by atoms with E-state index in [-0.39, 0.29) is 11.9 Å². The zero-order valence-corrected chi connectivity index (χ0v) is 15.0. The number of carbonyl (C=O) groups is 1. The number of hydrogen-bond donors (Lipinski definition) is 2.